The summed E-state index contributed by atoms with van der Waals surface area (Å²) in [7, 11) is -3.88. The van der Waals surface area contributed by atoms with Crippen molar-refractivity contribution in [2.24, 2.45) is 0 Å². The molecule has 0 radical (unpaired) electrons. The number of rotatable bonds is 6. The maximum Gasteiger partial charge on any atom is 0.421 e. The average Bonchev–Trinajstić information content (AvgIpc) is 2.40. The molecule has 20 heavy (non-hydrogen) atoms. The van der Waals surface area contributed by atoms with Crippen LogP contribution in [0.3, 0.4) is 0 Å². The van der Waals surface area contributed by atoms with E-state index in [2.05, 4.69) is 9.64 Å². The number of nitrogens with zero attached hydrogens (tertiary/aromatic N) is 1. The van der Waals surface area contributed by atoms with Gasteiger partial charge in [-0.05, 0) is 45.0 Å². The number of hydrogen-bond acceptors (Lipinski definition) is 5. The van der Waals surface area contributed by atoms with Crippen molar-refractivity contribution in [3.63, 3.8) is 0 Å². The Morgan fingerprint density at radius 2 is 1.70 bits per heavy atom. The zero-order chi connectivity index (χ0) is 15.2. The van der Waals surface area contributed by atoms with E-state index in [1.54, 1.807) is 19.1 Å². The molecule has 0 unspecified atom stereocenters. The van der Waals surface area contributed by atoms with Gasteiger partial charge in [0.05, 0.1) is 11.5 Å². The monoisotopic (exact) mass is 300 g/mol. The third-order valence-electron chi connectivity index (χ3n) is 2.77. The van der Waals surface area contributed by atoms with Gasteiger partial charge in [-0.15, -0.1) is 0 Å². The molecule has 1 rings (SSSR count). The van der Waals surface area contributed by atoms with Crippen molar-refractivity contribution in [1.29, 1.82) is 0 Å². The summed E-state index contributed by atoms with van der Waals surface area (Å²) in [5.74, 6) is 0. The fraction of sp³-hybridized carbons (Fsp3) is 0.462. The molecule has 7 heteroatoms. The molecule has 1 N–H and O–H groups in total. The topological polar surface area (TPSA) is 75.7 Å². The summed E-state index contributed by atoms with van der Waals surface area (Å²) < 4.78 is 30.2. The van der Waals surface area contributed by atoms with Crippen molar-refractivity contribution >= 4 is 21.8 Å². The van der Waals surface area contributed by atoms with Crippen molar-refractivity contribution in [3.8, 4) is 0 Å². The summed E-state index contributed by atoms with van der Waals surface area (Å²) in [6, 6.07) is 6.36. The predicted octanol–water partition coefficient (Wildman–Crippen LogP) is 1.97. The van der Waals surface area contributed by atoms with Crippen molar-refractivity contribution in [2.75, 3.05) is 24.6 Å². The fourth-order valence-corrected chi connectivity index (χ4v) is 2.64. The molecule has 0 fully saturated rings. The van der Waals surface area contributed by atoms with Gasteiger partial charge in [-0.2, -0.15) is 0 Å². The van der Waals surface area contributed by atoms with Crippen LogP contribution in [-0.4, -0.2) is 34.2 Å². The molecule has 1 amide bonds. The van der Waals surface area contributed by atoms with Crippen LogP contribution < -0.4 is 9.62 Å². The van der Waals surface area contributed by atoms with E-state index < -0.39 is 16.1 Å². The molecule has 1 aromatic rings. The Morgan fingerprint density at radius 3 is 2.15 bits per heavy atom. The average molecular weight is 300 g/mol. The molecule has 0 heterocycles. The van der Waals surface area contributed by atoms with Crippen molar-refractivity contribution < 1.29 is 17.9 Å². The van der Waals surface area contributed by atoms with Crippen LogP contribution in [0.2, 0.25) is 0 Å². The van der Waals surface area contributed by atoms with Gasteiger partial charge in [0.25, 0.3) is 10.0 Å². The van der Waals surface area contributed by atoms with E-state index >= 15 is 0 Å². The van der Waals surface area contributed by atoms with Gasteiger partial charge in [-0.25, -0.2) is 17.9 Å². The van der Waals surface area contributed by atoms with Gasteiger partial charge in [0.15, 0.2) is 0 Å². The Kier molecular flexibility index (Phi) is 5.82. The largest absolute Gasteiger partial charge is 0.449 e. The minimum Gasteiger partial charge on any atom is -0.449 e. The van der Waals surface area contributed by atoms with Gasteiger partial charge in [0.1, 0.15) is 0 Å². The highest BCUT2D eigenvalue weighted by Gasteiger charge is 2.18. The number of carbonyl (C=O) groups excluding carboxylic acids is 1. The number of nitrogens with one attached hydrogen (secondary N) is 1. The summed E-state index contributed by atoms with van der Waals surface area (Å²) in [5.41, 5.74) is 0.935. The maximum absolute atomic E-state index is 11.9. The minimum atomic E-state index is -3.88. The summed E-state index contributed by atoms with van der Waals surface area (Å²) in [6.07, 6.45) is -0.972. The van der Waals surface area contributed by atoms with Crippen LogP contribution in [0.1, 0.15) is 20.8 Å². The molecular weight excluding hydrogens is 280 g/mol. The molecule has 0 saturated heterocycles. The van der Waals surface area contributed by atoms with Gasteiger partial charge in [-0.3, -0.25) is 0 Å². The lowest BCUT2D eigenvalue weighted by molar-refractivity contribution is 0.158. The van der Waals surface area contributed by atoms with E-state index in [1.165, 1.54) is 12.1 Å². The second-order valence-electron chi connectivity index (χ2n) is 3.99. The maximum atomic E-state index is 11.9. The number of amides is 1. The number of ether oxygens (including phenoxy) is 1. The Balaban J connectivity index is 2.89. The highest BCUT2D eigenvalue weighted by molar-refractivity contribution is 7.90. The van der Waals surface area contributed by atoms with Gasteiger partial charge in [0, 0.05) is 18.8 Å². The molecule has 0 atom stereocenters. The van der Waals surface area contributed by atoms with E-state index in [9.17, 15) is 13.2 Å². The lowest BCUT2D eigenvalue weighted by atomic mass is 10.3. The number of anilines is 1. The van der Waals surface area contributed by atoms with Crippen molar-refractivity contribution in [3.05, 3.63) is 24.3 Å². The fourth-order valence-electron chi connectivity index (χ4n) is 1.75. The first-order valence-corrected chi connectivity index (χ1v) is 7.97. The van der Waals surface area contributed by atoms with Crippen molar-refractivity contribution in [2.45, 2.75) is 25.7 Å². The summed E-state index contributed by atoms with van der Waals surface area (Å²) in [5, 5.41) is 0. The molecule has 0 aliphatic carbocycles. The first-order valence-electron chi connectivity index (χ1n) is 6.49. The standard InChI is InChI=1S/C13H20N2O4S/c1-4-15(5-2)11-7-9-12(10-8-11)20(17,18)14-13(16)19-6-3/h7-10H,4-6H2,1-3H3,(H,14,16). The van der Waals surface area contributed by atoms with Gasteiger partial charge >= 0.3 is 6.09 Å². The molecule has 1 aromatic carbocycles. The van der Waals surface area contributed by atoms with Crippen LogP contribution in [0.4, 0.5) is 10.5 Å². The van der Waals surface area contributed by atoms with Crippen LogP contribution in [0.5, 0.6) is 0 Å². The molecule has 0 saturated carbocycles. The minimum absolute atomic E-state index is 0.0291. The van der Waals surface area contributed by atoms with Gasteiger partial charge in [0.2, 0.25) is 0 Å². The van der Waals surface area contributed by atoms with Gasteiger partial charge < -0.3 is 9.64 Å². The summed E-state index contributed by atoms with van der Waals surface area (Å²) >= 11 is 0. The van der Waals surface area contributed by atoms with E-state index in [4.69, 9.17) is 0 Å². The Bertz CT molecular complexity index is 536. The van der Waals surface area contributed by atoms with Crippen LogP contribution in [0.15, 0.2) is 29.2 Å². The zero-order valence-corrected chi connectivity index (χ0v) is 12.7. The van der Waals surface area contributed by atoms with Crippen molar-refractivity contribution in [1.82, 2.24) is 4.72 Å². The van der Waals surface area contributed by atoms with Gasteiger partial charge in [-0.1, -0.05) is 0 Å². The lowest BCUT2D eigenvalue weighted by Gasteiger charge is -2.21. The van der Waals surface area contributed by atoms with E-state index in [0.29, 0.717) is 0 Å². The van der Waals surface area contributed by atoms with Crippen LogP contribution >= 0.6 is 0 Å². The normalized spacial score (nSPS) is 10.9. The van der Waals surface area contributed by atoms with Crippen LogP contribution in [0.25, 0.3) is 0 Å². The van der Waals surface area contributed by atoms with E-state index in [-0.39, 0.29) is 11.5 Å². The number of benzene rings is 1. The second-order valence-corrected chi connectivity index (χ2v) is 5.67. The SMILES string of the molecule is CCOC(=O)NS(=O)(=O)c1ccc(N(CC)CC)cc1. The smallest absolute Gasteiger partial charge is 0.421 e. The molecule has 6 nitrogen and oxygen atoms in total. The molecular formula is C13H20N2O4S. The number of hydrogen-bond donors (Lipinski definition) is 1. The van der Waals surface area contributed by atoms with Crippen LogP contribution in [-0.2, 0) is 14.8 Å². The molecule has 0 aliphatic rings. The lowest BCUT2D eigenvalue weighted by Crippen LogP contribution is -2.31. The van der Waals surface area contributed by atoms with Crippen LogP contribution in [0, 0.1) is 0 Å². The number of sulfonamides is 1. The third-order valence-corrected chi connectivity index (χ3v) is 4.10. The zero-order valence-electron chi connectivity index (χ0n) is 11.9. The highest BCUT2D eigenvalue weighted by atomic mass is 32.2. The van der Waals surface area contributed by atoms with E-state index in [1.807, 2.05) is 18.6 Å². The quantitative estimate of drug-likeness (QED) is 0.869. The number of carbonyl (C=O) groups is 1. The second kappa shape index (κ2) is 7.14. The molecule has 0 aliphatic heterocycles. The summed E-state index contributed by atoms with van der Waals surface area (Å²) in [4.78, 5) is 13.3. The third kappa shape index (κ3) is 4.12. The highest BCUT2D eigenvalue weighted by Crippen LogP contribution is 2.17. The molecule has 0 aromatic heterocycles. The first-order chi connectivity index (χ1) is 9.44. The summed E-state index contributed by atoms with van der Waals surface area (Å²) in [6.45, 7) is 7.44. The molecule has 0 spiro atoms. The van der Waals surface area contributed by atoms with E-state index in [0.717, 1.165) is 18.8 Å². The predicted molar refractivity (Wildman–Crippen MR) is 77.3 cm³/mol. The Morgan fingerprint density at radius 1 is 1.15 bits per heavy atom. The molecule has 0 bridgehead atoms. The molecule has 112 valence electrons. The first kappa shape index (κ1) is 16.3. The Labute approximate surface area is 119 Å². The Hall–Kier alpha value is -1.76.